The van der Waals surface area contributed by atoms with Gasteiger partial charge >= 0.3 is 0 Å². The molecule has 1 atom stereocenters. The Balaban J connectivity index is 1.81. The van der Waals surface area contributed by atoms with Crippen LogP contribution < -0.4 is 10.1 Å². The number of carbonyl (C=O) groups excluding carboxylic acids is 2. The van der Waals surface area contributed by atoms with Gasteiger partial charge in [-0.2, -0.15) is 0 Å². The maximum Gasteiger partial charge on any atom is 0.267 e. The van der Waals surface area contributed by atoms with E-state index in [1.165, 1.54) is 0 Å². The van der Waals surface area contributed by atoms with Gasteiger partial charge in [0.15, 0.2) is 0 Å². The lowest BCUT2D eigenvalue weighted by Crippen LogP contribution is -2.45. The lowest BCUT2D eigenvalue weighted by atomic mass is 10.2. The Labute approximate surface area is 162 Å². The van der Waals surface area contributed by atoms with Gasteiger partial charge in [-0.15, -0.1) is 0 Å². The smallest absolute Gasteiger partial charge is 0.267 e. The van der Waals surface area contributed by atoms with E-state index in [1.807, 2.05) is 6.92 Å². The summed E-state index contributed by atoms with van der Waals surface area (Å²) in [6, 6.07) is 9.53. The fourth-order valence-corrected chi connectivity index (χ4v) is 4.55. The Hall–Kier alpha value is -2.94. The molecule has 0 spiro atoms. The minimum Gasteiger partial charge on any atom is -0.494 e. The van der Waals surface area contributed by atoms with E-state index < -0.39 is 33.7 Å². The number of ether oxygens (including phenoxy) is 1. The van der Waals surface area contributed by atoms with Crippen molar-refractivity contribution in [3.05, 3.63) is 54.3 Å². The molecule has 2 amide bonds. The number of nitrogens with zero attached hydrogens (tertiary/aromatic N) is 1. The summed E-state index contributed by atoms with van der Waals surface area (Å²) in [5, 5.41) is 2.62. The molecule has 1 aliphatic rings. The van der Waals surface area contributed by atoms with Crippen LogP contribution in [-0.2, 0) is 19.6 Å². The third-order valence-electron chi connectivity index (χ3n) is 4.27. The molecule has 2 aromatic rings. The number of halogens is 1. The average Bonchev–Trinajstić information content (AvgIpc) is 3.06. The molecular formula is C19H19FN2O5S. The maximum atomic E-state index is 13.1. The highest BCUT2D eigenvalue weighted by atomic mass is 32.2. The summed E-state index contributed by atoms with van der Waals surface area (Å²) in [5.74, 6) is -1.24. The zero-order chi connectivity index (χ0) is 20.3. The second-order valence-corrected chi connectivity index (χ2v) is 7.96. The maximum absolute atomic E-state index is 13.1. The molecule has 0 saturated carbocycles. The molecule has 0 bridgehead atoms. The van der Waals surface area contributed by atoms with Crippen LogP contribution in [0.3, 0.4) is 0 Å². The molecule has 7 nitrogen and oxygen atoms in total. The van der Waals surface area contributed by atoms with E-state index in [4.69, 9.17) is 4.74 Å². The van der Waals surface area contributed by atoms with Crippen molar-refractivity contribution >= 4 is 27.5 Å². The summed E-state index contributed by atoms with van der Waals surface area (Å²) in [7, 11) is -4.27. The van der Waals surface area contributed by atoms with Gasteiger partial charge in [-0.1, -0.05) is 0 Å². The summed E-state index contributed by atoms with van der Waals surface area (Å²) in [6.07, 6.45) is 0.00388. The predicted molar refractivity (Wildman–Crippen MR) is 99.7 cm³/mol. The van der Waals surface area contributed by atoms with E-state index in [-0.39, 0.29) is 17.7 Å². The zero-order valence-electron chi connectivity index (χ0n) is 15.1. The van der Waals surface area contributed by atoms with Gasteiger partial charge < -0.3 is 10.1 Å². The molecule has 148 valence electrons. The van der Waals surface area contributed by atoms with Crippen LogP contribution in [0.2, 0.25) is 0 Å². The van der Waals surface area contributed by atoms with Gasteiger partial charge in [-0.25, -0.2) is 17.1 Å². The van der Waals surface area contributed by atoms with Crippen molar-refractivity contribution in [1.29, 1.82) is 0 Å². The normalized spacial score (nSPS) is 16.9. The first-order valence-electron chi connectivity index (χ1n) is 8.69. The Bertz CT molecular complexity index is 974. The predicted octanol–water partition coefficient (Wildman–Crippen LogP) is 2.54. The van der Waals surface area contributed by atoms with E-state index >= 15 is 0 Å². The monoisotopic (exact) mass is 406 g/mol. The van der Waals surface area contributed by atoms with Crippen LogP contribution in [0.4, 0.5) is 10.1 Å². The van der Waals surface area contributed by atoms with Gasteiger partial charge in [-0.3, -0.25) is 9.59 Å². The number of hydrogen-bond acceptors (Lipinski definition) is 5. The lowest BCUT2D eigenvalue weighted by molar-refractivity contribution is -0.128. The Kier molecular flexibility index (Phi) is 5.64. The number of hydrogen-bond donors (Lipinski definition) is 1. The second-order valence-electron chi connectivity index (χ2n) is 6.15. The first-order chi connectivity index (χ1) is 13.3. The second kappa shape index (κ2) is 7.97. The Morgan fingerprint density at radius 2 is 1.82 bits per heavy atom. The lowest BCUT2D eigenvalue weighted by Gasteiger charge is -2.23. The van der Waals surface area contributed by atoms with Gasteiger partial charge in [0, 0.05) is 12.1 Å². The molecule has 0 aromatic heterocycles. The molecule has 1 N–H and O–H groups in total. The molecule has 2 aromatic carbocycles. The van der Waals surface area contributed by atoms with Crippen molar-refractivity contribution in [1.82, 2.24) is 4.31 Å². The molecule has 0 radical (unpaired) electrons. The molecule has 1 saturated heterocycles. The molecule has 1 heterocycles. The summed E-state index contributed by atoms with van der Waals surface area (Å²) < 4.78 is 44.7. The fourth-order valence-electron chi connectivity index (χ4n) is 2.95. The molecule has 1 unspecified atom stereocenters. The highest BCUT2D eigenvalue weighted by molar-refractivity contribution is 7.89. The SMILES string of the molecule is CCOc1ccc(NC(=O)C2CCC(=O)N2S(=O)(=O)c2ccc(F)cc2)cc1. The number of rotatable bonds is 6. The van der Waals surface area contributed by atoms with Gasteiger partial charge in [0.1, 0.15) is 17.6 Å². The average molecular weight is 406 g/mol. The first-order valence-corrected chi connectivity index (χ1v) is 10.1. The van der Waals surface area contributed by atoms with Crippen molar-refractivity contribution < 1.29 is 27.1 Å². The summed E-state index contributed by atoms with van der Waals surface area (Å²) in [5.41, 5.74) is 0.451. The van der Waals surface area contributed by atoms with Crippen molar-refractivity contribution in [3.8, 4) is 5.75 Å². The van der Waals surface area contributed by atoms with E-state index in [1.54, 1.807) is 24.3 Å². The van der Waals surface area contributed by atoms with Crippen LogP contribution in [0.1, 0.15) is 19.8 Å². The minimum atomic E-state index is -4.27. The molecular weight excluding hydrogens is 387 g/mol. The zero-order valence-corrected chi connectivity index (χ0v) is 15.9. The topological polar surface area (TPSA) is 92.8 Å². The molecule has 28 heavy (non-hydrogen) atoms. The minimum absolute atomic E-state index is 0.0677. The van der Waals surface area contributed by atoms with Gasteiger partial charge in [0.25, 0.3) is 10.0 Å². The molecule has 0 aliphatic carbocycles. The number of amides is 2. The van der Waals surface area contributed by atoms with E-state index in [0.29, 0.717) is 22.3 Å². The Morgan fingerprint density at radius 3 is 2.43 bits per heavy atom. The van der Waals surface area contributed by atoms with E-state index in [9.17, 15) is 22.4 Å². The summed E-state index contributed by atoms with van der Waals surface area (Å²) >= 11 is 0. The van der Waals surface area contributed by atoms with Crippen molar-refractivity contribution in [2.45, 2.75) is 30.7 Å². The number of anilines is 1. The largest absolute Gasteiger partial charge is 0.494 e. The van der Waals surface area contributed by atoms with Crippen molar-refractivity contribution in [2.75, 3.05) is 11.9 Å². The van der Waals surface area contributed by atoms with E-state index in [2.05, 4.69) is 5.32 Å². The third-order valence-corrected chi connectivity index (χ3v) is 6.11. The standard InChI is InChI=1S/C19H19FN2O5S/c1-2-27-15-7-5-14(6-8-15)21-19(24)17-11-12-18(23)22(17)28(25,26)16-9-3-13(20)4-10-16/h3-10,17H,2,11-12H2,1H3,(H,21,24). The van der Waals surface area contributed by atoms with Crippen LogP contribution >= 0.6 is 0 Å². The highest BCUT2D eigenvalue weighted by Crippen LogP contribution is 2.28. The van der Waals surface area contributed by atoms with Crippen molar-refractivity contribution in [2.24, 2.45) is 0 Å². The van der Waals surface area contributed by atoms with Crippen LogP contribution in [0, 0.1) is 5.82 Å². The van der Waals surface area contributed by atoms with Gasteiger partial charge in [0.05, 0.1) is 11.5 Å². The number of sulfonamides is 1. The van der Waals surface area contributed by atoms with Crippen molar-refractivity contribution in [3.63, 3.8) is 0 Å². The van der Waals surface area contributed by atoms with E-state index in [0.717, 1.165) is 24.3 Å². The Morgan fingerprint density at radius 1 is 1.18 bits per heavy atom. The quantitative estimate of drug-likeness (QED) is 0.796. The fraction of sp³-hybridized carbons (Fsp3) is 0.263. The molecule has 1 fully saturated rings. The highest BCUT2D eigenvalue weighted by Gasteiger charge is 2.44. The van der Waals surface area contributed by atoms with Gasteiger partial charge in [-0.05, 0) is 61.9 Å². The summed E-state index contributed by atoms with van der Waals surface area (Å²) in [6.45, 7) is 2.36. The number of carbonyl (C=O) groups is 2. The van der Waals surface area contributed by atoms with Crippen LogP contribution in [0.15, 0.2) is 53.4 Å². The first kappa shape index (κ1) is 19.8. The van der Waals surface area contributed by atoms with Crippen LogP contribution in [0.25, 0.3) is 0 Å². The van der Waals surface area contributed by atoms with Gasteiger partial charge in [0.2, 0.25) is 11.8 Å². The van der Waals surface area contributed by atoms with Crippen LogP contribution in [-0.4, -0.2) is 37.2 Å². The molecule has 1 aliphatic heterocycles. The molecule has 3 rings (SSSR count). The van der Waals surface area contributed by atoms with Crippen LogP contribution in [0.5, 0.6) is 5.75 Å². The molecule has 9 heteroatoms. The summed E-state index contributed by atoms with van der Waals surface area (Å²) in [4.78, 5) is 24.6. The number of nitrogens with one attached hydrogen (secondary N) is 1. The number of benzene rings is 2. The third kappa shape index (κ3) is 3.99.